The lowest BCUT2D eigenvalue weighted by atomic mass is 9.72. The van der Waals surface area contributed by atoms with Crippen LogP contribution < -0.4 is 0 Å². The number of H-pyrrole nitrogens is 1. The molecule has 3 aliphatic carbocycles. The van der Waals surface area contributed by atoms with E-state index < -0.39 is 13.3 Å². The number of fused-ring (bicyclic) bond motifs is 4. The molecule has 4 unspecified atom stereocenters. The number of pyridine rings is 1. The van der Waals surface area contributed by atoms with E-state index in [0.717, 1.165) is 18.2 Å². The second-order valence-corrected chi connectivity index (χ2v) is 10.4. The first-order valence-electron chi connectivity index (χ1n) is 9.97. The van der Waals surface area contributed by atoms with Crippen LogP contribution in [0.2, 0.25) is 5.02 Å². The molecule has 11 heteroatoms. The topological polar surface area (TPSA) is 130 Å². The molecule has 3 N–H and O–H groups in total. The molecule has 7 rings (SSSR count). The summed E-state index contributed by atoms with van der Waals surface area (Å²) in [4.78, 5) is 33.7. The lowest BCUT2D eigenvalue weighted by Gasteiger charge is -2.45. The first-order chi connectivity index (χ1) is 14.9. The molecule has 0 saturated heterocycles. The van der Waals surface area contributed by atoms with Crippen molar-refractivity contribution in [3.05, 3.63) is 47.9 Å². The van der Waals surface area contributed by atoms with Gasteiger partial charge in [-0.2, -0.15) is 5.10 Å². The summed E-state index contributed by atoms with van der Waals surface area (Å²) in [6, 6.07) is 3.27. The molecule has 4 aromatic heterocycles. The molecule has 0 aromatic carbocycles. The van der Waals surface area contributed by atoms with E-state index in [2.05, 4.69) is 26.2 Å². The first kappa shape index (κ1) is 19.1. The van der Waals surface area contributed by atoms with Gasteiger partial charge in [-0.15, -0.1) is 0 Å². The molecule has 1 fully saturated rings. The maximum atomic E-state index is 12.4. The van der Waals surface area contributed by atoms with Crippen molar-refractivity contribution >= 4 is 41.3 Å². The smallest absolute Gasteiger partial charge is 0.328 e. The highest BCUT2D eigenvalue weighted by Gasteiger charge is 2.50. The minimum absolute atomic E-state index is 0.0471. The Hall–Kier alpha value is -2.58. The van der Waals surface area contributed by atoms with E-state index >= 15 is 0 Å². The summed E-state index contributed by atoms with van der Waals surface area (Å²) in [7, 11) is -4.31. The van der Waals surface area contributed by atoms with Gasteiger partial charge in [0.25, 0.3) is 0 Å². The second-order valence-electron chi connectivity index (χ2n) is 8.18. The lowest BCUT2D eigenvalue weighted by Crippen LogP contribution is -2.42. The highest BCUT2D eigenvalue weighted by atomic mass is 35.5. The maximum absolute atomic E-state index is 12.4. The zero-order valence-electron chi connectivity index (χ0n) is 16.1. The summed E-state index contributed by atoms with van der Waals surface area (Å²) in [5.41, 5.74) is 0.964. The Morgan fingerprint density at radius 3 is 2.74 bits per heavy atom. The number of hydrogen-bond acceptors (Lipinski definition) is 5. The van der Waals surface area contributed by atoms with Crippen LogP contribution in [0.5, 0.6) is 0 Å². The number of aromatic nitrogens is 6. The monoisotopic (exact) mass is 456 g/mol. The standard InChI is InChI=1S/C20H18ClN6O3P/c21-13-7-14-15(25-26-18(14)23-9-13)19-22-8-12-5-6-27(20(12)24-19)16-10-1-3-11(4-2-10)17(16)31(28,29)30/h1,3,5-11,16-17H,2,4H2,(H,23,25,26)(H2,28,29,30). The van der Waals surface area contributed by atoms with E-state index in [1.54, 1.807) is 12.3 Å². The normalized spacial score (nSPS) is 25.6. The van der Waals surface area contributed by atoms with Crippen LogP contribution in [0.25, 0.3) is 33.6 Å². The molecule has 0 radical (unpaired) electrons. The number of aromatic amines is 1. The van der Waals surface area contributed by atoms with Gasteiger partial charge >= 0.3 is 7.60 Å². The fraction of sp³-hybridized carbons (Fsp3) is 0.300. The van der Waals surface area contributed by atoms with Gasteiger partial charge in [0.1, 0.15) is 11.3 Å². The summed E-state index contributed by atoms with van der Waals surface area (Å²) in [6.07, 6.45) is 10.8. The fourth-order valence-electron chi connectivity index (χ4n) is 5.10. The lowest BCUT2D eigenvalue weighted by molar-refractivity contribution is 0.202. The summed E-state index contributed by atoms with van der Waals surface area (Å²) < 4.78 is 14.3. The van der Waals surface area contributed by atoms with E-state index in [1.807, 2.05) is 22.9 Å². The SMILES string of the molecule is O=P(O)(O)C1C2C=CC(CC2)C1n1ccc2cnc(-c3n[nH]c4ncc(Cl)cc34)nc21. The average molecular weight is 457 g/mol. The number of rotatable bonds is 3. The Morgan fingerprint density at radius 2 is 1.97 bits per heavy atom. The second kappa shape index (κ2) is 6.71. The third kappa shape index (κ3) is 2.96. The van der Waals surface area contributed by atoms with Gasteiger partial charge in [0.2, 0.25) is 0 Å². The van der Waals surface area contributed by atoms with Crippen molar-refractivity contribution in [1.29, 1.82) is 0 Å². The molecule has 3 aliphatic rings. The van der Waals surface area contributed by atoms with Crippen LogP contribution in [0, 0.1) is 11.8 Å². The van der Waals surface area contributed by atoms with E-state index in [4.69, 9.17) is 16.6 Å². The molecule has 4 heterocycles. The molecule has 0 spiro atoms. The molecule has 1 saturated carbocycles. The van der Waals surface area contributed by atoms with Crippen molar-refractivity contribution in [1.82, 2.24) is 29.7 Å². The minimum atomic E-state index is -4.31. The van der Waals surface area contributed by atoms with Crippen LogP contribution in [0.1, 0.15) is 18.9 Å². The van der Waals surface area contributed by atoms with Gasteiger partial charge in [-0.3, -0.25) is 9.66 Å². The predicted molar refractivity (Wildman–Crippen MR) is 116 cm³/mol. The molecule has 158 valence electrons. The Labute approximate surface area is 181 Å². The van der Waals surface area contributed by atoms with Crippen LogP contribution in [-0.4, -0.2) is 45.2 Å². The summed E-state index contributed by atoms with van der Waals surface area (Å²) in [5, 5.41) is 9.17. The van der Waals surface area contributed by atoms with Crippen molar-refractivity contribution in [3.63, 3.8) is 0 Å². The highest BCUT2D eigenvalue weighted by Crippen LogP contribution is 2.59. The number of nitrogens with one attached hydrogen (secondary N) is 1. The molecular weight excluding hydrogens is 439 g/mol. The number of halogens is 1. The van der Waals surface area contributed by atoms with Crippen LogP contribution >= 0.6 is 19.2 Å². The number of nitrogens with zero attached hydrogens (tertiary/aromatic N) is 5. The van der Waals surface area contributed by atoms with Gasteiger partial charge in [0.05, 0.1) is 22.1 Å². The van der Waals surface area contributed by atoms with Crippen molar-refractivity contribution < 1.29 is 14.4 Å². The van der Waals surface area contributed by atoms with Crippen molar-refractivity contribution in [2.24, 2.45) is 11.8 Å². The van der Waals surface area contributed by atoms with E-state index in [-0.39, 0.29) is 17.9 Å². The highest BCUT2D eigenvalue weighted by molar-refractivity contribution is 7.52. The Morgan fingerprint density at radius 1 is 1.16 bits per heavy atom. The van der Waals surface area contributed by atoms with Crippen molar-refractivity contribution in [2.75, 3.05) is 0 Å². The predicted octanol–water partition coefficient (Wildman–Crippen LogP) is 3.71. The summed E-state index contributed by atoms with van der Waals surface area (Å²) in [5.74, 6) is 0.302. The van der Waals surface area contributed by atoms with Gasteiger partial charge in [0.15, 0.2) is 11.5 Å². The van der Waals surface area contributed by atoms with E-state index in [9.17, 15) is 14.4 Å². The third-order valence-electron chi connectivity index (χ3n) is 6.43. The van der Waals surface area contributed by atoms with Crippen LogP contribution in [0.15, 0.2) is 42.9 Å². The number of allylic oxidation sites excluding steroid dienone is 2. The van der Waals surface area contributed by atoms with Crippen LogP contribution in [-0.2, 0) is 4.57 Å². The maximum Gasteiger partial charge on any atom is 0.331 e. The van der Waals surface area contributed by atoms with E-state index in [0.29, 0.717) is 33.2 Å². The van der Waals surface area contributed by atoms with Gasteiger partial charge in [0, 0.05) is 24.0 Å². The molecule has 4 aromatic rings. The van der Waals surface area contributed by atoms with Gasteiger partial charge in [-0.25, -0.2) is 15.0 Å². The average Bonchev–Trinajstić information content (AvgIpc) is 3.36. The first-order valence-corrected chi connectivity index (χ1v) is 12.0. The molecule has 0 amide bonds. The molecule has 31 heavy (non-hydrogen) atoms. The third-order valence-corrected chi connectivity index (χ3v) is 8.10. The number of hydrogen-bond donors (Lipinski definition) is 3. The van der Waals surface area contributed by atoms with Gasteiger partial charge < -0.3 is 14.4 Å². The molecule has 2 bridgehead atoms. The van der Waals surface area contributed by atoms with E-state index in [1.165, 1.54) is 6.20 Å². The van der Waals surface area contributed by atoms with Gasteiger partial charge in [-0.1, -0.05) is 23.8 Å². The molecule has 9 nitrogen and oxygen atoms in total. The molecule has 4 atom stereocenters. The Kier molecular flexibility index (Phi) is 4.14. The minimum Gasteiger partial charge on any atom is -0.328 e. The van der Waals surface area contributed by atoms with Crippen molar-refractivity contribution in [2.45, 2.75) is 24.5 Å². The quantitative estimate of drug-likeness (QED) is 0.316. The molecular formula is C20H18ClN6O3P. The van der Waals surface area contributed by atoms with Crippen LogP contribution in [0.3, 0.4) is 0 Å². The zero-order chi connectivity index (χ0) is 21.3. The fourth-order valence-corrected chi connectivity index (χ4v) is 6.77. The van der Waals surface area contributed by atoms with Gasteiger partial charge in [-0.05, 0) is 36.8 Å². The summed E-state index contributed by atoms with van der Waals surface area (Å²) >= 11 is 6.10. The Balaban J connectivity index is 1.52. The largest absolute Gasteiger partial charge is 0.331 e. The molecule has 0 aliphatic heterocycles. The van der Waals surface area contributed by atoms with Crippen molar-refractivity contribution in [3.8, 4) is 11.5 Å². The zero-order valence-corrected chi connectivity index (χ0v) is 17.8. The Bertz CT molecular complexity index is 1410. The van der Waals surface area contributed by atoms with Crippen LogP contribution in [0.4, 0.5) is 0 Å². The summed E-state index contributed by atoms with van der Waals surface area (Å²) in [6.45, 7) is 0.